The first-order chi connectivity index (χ1) is 8.32. The molecule has 0 saturated carbocycles. The van der Waals surface area contributed by atoms with Crippen LogP contribution in [0.15, 0.2) is 30.2 Å². The molecule has 1 heterocycles. The summed E-state index contributed by atoms with van der Waals surface area (Å²) < 4.78 is 25.0. The summed E-state index contributed by atoms with van der Waals surface area (Å²) in [5, 5.41) is 0. The minimum atomic E-state index is -0.436. The summed E-state index contributed by atoms with van der Waals surface area (Å²) in [4.78, 5) is 0. The zero-order chi connectivity index (χ0) is 13.4. The first kappa shape index (κ1) is 13.3. The van der Waals surface area contributed by atoms with Crippen molar-refractivity contribution < 1.29 is 13.7 Å². The van der Waals surface area contributed by atoms with Crippen molar-refractivity contribution in [2.24, 2.45) is 0 Å². The largest absolute Gasteiger partial charge is 0.487 e. The van der Waals surface area contributed by atoms with Gasteiger partial charge >= 0.3 is 7.12 Å². The van der Waals surface area contributed by atoms with E-state index in [4.69, 9.17) is 9.31 Å². The molecule has 0 atom stereocenters. The van der Waals surface area contributed by atoms with Crippen LogP contribution in [-0.2, 0) is 9.31 Å². The molecule has 1 aliphatic heterocycles. The Kier molecular flexibility index (Phi) is 3.34. The van der Waals surface area contributed by atoms with Crippen LogP contribution >= 0.6 is 0 Å². The van der Waals surface area contributed by atoms with Gasteiger partial charge in [-0.2, -0.15) is 0 Å². The molecule has 18 heavy (non-hydrogen) atoms. The van der Waals surface area contributed by atoms with Crippen molar-refractivity contribution in [2.45, 2.75) is 38.9 Å². The fourth-order valence-corrected chi connectivity index (χ4v) is 1.76. The molecule has 1 fully saturated rings. The molecule has 1 aliphatic rings. The summed E-state index contributed by atoms with van der Waals surface area (Å²) in [6.07, 6.45) is 1.69. The number of hydrogen-bond acceptors (Lipinski definition) is 2. The Morgan fingerprint density at radius 1 is 1.06 bits per heavy atom. The molecule has 0 N–H and O–H groups in total. The Labute approximate surface area is 108 Å². The predicted molar refractivity (Wildman–Crippen MR) is 71.5 cm³/mol. The molecule has 0 aromatic heterocycles. The third-order valence-corrected chi connectivity index (χ3v) is 3.61. The highest BCUT2D eigenvalue weighted by molar-refractivity contribution is 6.52. The monoisotopic (exact) mass is 248 g/mol. The van der Waals surface area contributed by atoms with Crippen LogP contribution in [0, 0.1) is 5.82 Å². The van der Waals surface area contributed by atoms with E-state index in [0.717, 1.165) is 0 Å². The van der Waals surface area contributed by atoms with Crippen LogP contribution in [0.1, 0.15) is 33.3 Å². The van der Waals surface area contributed by atoms with E-state index in [9.17, 15) is 4.39 Å². The lowest BCUT2D eigenvalue weighted by molar-refractivity contribution is 0.00578. The van der Waals surface area contributed by atoms with E-state index < -0.39 is 7.12 Å². The van der Waals surface area contributed by atoms with Gasteiger partial charge in [-0.3, -0.25) is 0 Å². The van der Waals surface area contributed by atoms with E-state index in [1.807, 2.05) is 27.7 Å². The van der Waals surface area contributed by atoms with Crippen molar-refractivity contribution in [1.82, 2.24) is 0 Å². The van der Waals surface area contributed by atoms with Gasteiger partial charge in [-0.25, -0.2) is 4.39 Å². The van der Waals surface area contributed by atoms with Crippen molar-refractivity contribution in [1.29, 1.82) is 0 Å². The van der Waals surface area contributed by atoms with E-state index >= 15 is 0 Å². The van der Waals surface area contributed by atoms with Crippen LogP contribution < -0.4 is 0 Å². The molecule has 0 bridgehead atoms. The molecule has 2 nitrogen and oxygen atoms in total. The van der Waals surface area contributed by atoms with Gasteiger partial charge in [-0.05, 0) is 33.8 Å². The van der Waals surface area contributed by atoms with E-state index in [1.165, 1.54) is 6.07 Å². The second kappa shape index (κ2) is 4.52. The Morgan fingerprint density at radius 2 is 1.61 bits per heavy atom. The quantitative estimate of drug-likeness (QED) is 0.746. The van der Waals surface area contributed by atoms with Crippen LogP contribution in [0.2, 0.25) is 0 Å². The summed E-state index contributed by atoms with van der Waals surface area (Å²) in [6.45, 7) is 7.96. The van der Waals surface area contributed by atoms with Gasteiger partial charge in [0.25, 0.3) is 0 Å². The maximum absolute atomic E-state index is 13.4. The first-order valence-electron chi connectivity index (χ1n) is 6.10. The Morgan fingerprint density at radius 3 is 2.17 bits per heavy atom. The molecular formula is C14H18BFO2. The van der Waals surface area contributed by atoms with Gasteiger partial charge in [0.05, 0.1) is 11.2 Å². The van der Waals surface area contributed by atoms with E-state index in [-0.39, 0.29) is 17.0 Å². The van der Waals surface area contributed by atoms with Crippen molar-refractivity contribution in [3.8, 4) is 0 Å². The van der Waals surface area contributed by atoms with Crippen LogP contribution in [0.3, 0.4) is 0 Å². The van der Waals surface area contributed by atoms with E-state index in [0.29, 0.717) is 5.56 Å². The average Bonchev–Trinajstić information content (AvgIpc) is 2.46. The maximum Gasteiger partial charge on any atom is 0.487 e. The number of hydrogen-bond donors (Lipinski definition) is 0. The summed E-state index contributed by atoms with van der Waals surface area (Å²) >= 11 is 0. The van der Waals surface area contributed by atoms with Gasteiger partial charge in [0.15, 0.2) is 0 Å². The van der Waals surface area contributed by atoms with E-state index in [2.05, 4.69) is 0 Å². The summed E-state index contributed by atoms with van der Waals surface area (Å²) in [5.41, 5.74) is -0.193. The predicted octanol–water partition coefficient (Wildman–Crippen LogP) is 3.47. The maximum atomic E-state index is 13.4. The second-order valence-electron chi connectivity index (χ2n) is 5.51. The lowest BCUT2D eigenvalue weighted by atomic mass is 9.89. The van der Waals surface area contributed by atoms with Crippen LogP contribution in [0.4, 0.5) is 4.39 Å². The fourth-order valence-electron chi connectivity index (χ4n) is 1.76. The number of rotatable bonds is 2. The van der Waals surface area contributed by atoms with Crippen molar-refractivity contribution >= 4 is 13.2 Å². The standard InChI is InChI=1S/C14H18BFO2/c1-13(2)14(3,4)18-15(17-13)10-9-11-7-5-6-8-12(11)16/h5-10H,1-4H3/b10-9+. The topological polar surface area (TPSA) is 18.5 Å². The van der Waals surface area contributed by atoms with Crippen molar-refractivity contribution in [3.63, 3.8) is 0 Å². The number of benzene rings is 1. The smallest absolute Gasteiger partial charge is 0.400 e. The lowest BCUT2D eigenvalue weighted by Crippen LogP contribution is -2.41. The van der Waals surface area contributed by atoms with Gasteiger partial charge in [0.1, 0.15) is 5.82 Å². The van der Waals surface area contributed by atoms with Gasteiger partial charge in [-0.1, -0.05) is 30.3 Å². The normalized spacial score (nSPS) is 21.7. The Hall–Kier alpha value is -1.13. The molecule has 0 aliphatic carbocycles. The molecule has 1 aromatic carbocycles. The minimum absolute atomic E-state index is 0.245. The third-order valence-electron chi connectivity index (χ3n) is 3.61. The third kappa shape index (κ3) is 2.50. The zero-order valence-electron chi connectivity index (χ0n) is 11.2. The van der Waals surface area contributed by atoms with Crippen molar-refractivity contribution in [2.75, 3.05) is 0 Å². The van der Waals surface area contributed by atoms with Gasteiger partial charge in [0, 0.05) is 5.56 Å². The highest BCUT2D eigenvalue weighted by atomic mass is 19.1. The second-order valence-corrected chi connectivity index (χ2v) is 5.51. The SMILES string of the molecule is CC1(C)OB(/C=C/c2ccccc2F)OC1(C)C. The van der Waals surface area contributed by atoms with E-state index in [1.54, 1.807) is 30.3 Å². The van der Waals surface area contributed by atoms with Crippen LogP contribution in [0.25, 0.3) is 6.08 Å². The molecule has 1 saturated heterocycles. The van der Waals surface area contributed by atoms with Crippen molar-refractivity contribution in [3.05, 3.63) is 41.6 Å². The fraction of sp³-hybridized carbons (Fsp3) is 0.429. The molecule has 0 amide bonds. The summed E-state index contributed by atoms with van der Waals surface area (Å²) in [5.74, 6) is 1.50. The molecule has 4 heteroatoms. The molecular weight excluding hydrogens is 230 g/mol. The Bertz CT molecular complexity index is 453. The minimum Gasteiger partial charge on any atom is -0.400 e. The van der Waals surface area contributed by atoms with Gasteiger partial charge in [-0.15, -0.1) is 0 Å². The molecule has 0 radical (unpaired) electrons. The highest BCUT2D eigenvalue weighted by Gasteiger charge is 2.49. The molecule has 2 rings (SSSR count). The molecule has 0 unspecified atom stereocenters. The summed E-state index contributed by atoms with van der Waals surface area (Å²) in [6, 6.07) is 6.62. The van der Waals surface area contributed by atoms with Crippen LogP contribution in [0.5, 0.6) is 0 Å². The van der Waals surface area contributed by atoms with Crippen LogP contribution in [-0.4, -0.2) is 18.3 Å². The highest BCUT2D eigenvalue weighted by Crippen LogP contribution is 2.37. The van der Waals surface area contributed by atoms with Gasteiger partial charge in [0.2, 0.25) is 0 Å². The summed E-state index contributed by atoms with van der Waals surface area (Å²) in [7, 11) is -0.436. The molecule has 96 valence electrons. The lowest BCUT2D eigenvalue weighted by Gasteiger charge is -2.32. The molecule has 1 aromatic rings. The van der Waals surface area contributed by atoms with Gasteiger partial charge < -0.3 is 9.31 Å². The first-order valence-corrected chi connectivity index (χ1v) is 6.10. The number of halogens is 1. The molecule has 0 spiro atoms. The average molecular weight is 248 g/mol. The zero-order valence-corrected chi connectivity index (χ0v) is 11.2. The Balaban J connectivity index is 2.11.